The zero-order valence-corrected chi connectivity index (χ0v) is 47.5. The van der Waals surface area contributed by atoms with Crippen molar-refractivity contribution in [3.05, 3.63) is 48.6 Å². The molecule has 0 aliphatic rings. The molecule has 0 aliphatic heterocycles. The summed E-state index contributed by atoms with van der Waals surface area (Å²) >= 11 is 0. The van der Waals surface area contributed by atoms with E-state index in [-0.39, 0.29) is 37.5 Å². The molecule has 0 heterocycles. The molecule has 0 bridgehead atoms. The van der Waals surface area contributed by atoms with Gasteiger partial charge in [-0.1, -0.05) is 275 Å². The van der Waals surface area contributed by atoms with Gasteiger partial charge >= 0.3 is 17.9 Å². The van der Waals surface area contributed by atoms with Crippen LogP contribution in [0.3, 0.4) is 0 Å². The Labute approximate surface area is 441 Å². The monoisotopic (exact) mass is 995 g/mol. The van der Waals surface area contributed by atoms with E-state index in [1.807, 2.05) is 0 Å². The first-order chi connectivity index (χ1) is 35.0. The highest BCUT2D eigenvalue weighted by molar-refractivity contribution is 5.71. The summed E-state index contributed by atoms with van der Waals surface area (Å²) < 4.78 is 16.9. The van der Waals surface area contributed by atoms with Gasteiger partial charge in [-0.05, 0) is 83.5 Å². The van der Waals surface area contributed by atoms with Crippen molar-refractivity contribution in [2.75, 3.05) is 13.2 Å². The van der Waals surface area contributed by atoms with Gasteiger partial charge in [0.1, 0.15) is 13.2 Å². The number of ether oxygens (including phenoxy) is 3. The van der Waals surface area contributed by atoms with E-state index in [1.165, 1.54) is 218 Å². The van der Waals surface area contributed by atoms with E-state index in [0.29, 0.717) is 19.3 Å². The van der Waals surface area contributed by atoms with Gasteiger partial charge in [0.25, 0.3) is 0 Å². The topological polar surface area (TPSA) is 78.9 Å². The molecule has 6 nitrogen and oxygen atoms in total. The van der Waals surface area contributed by atoms with Gasteiger partial charge in [-0.2, -0.15) is 0 Å². The highest BCUT2D eigenvalue weighted by Crippen LogP contribution is 2.17. The summed E-state index contributed by atoms with van der Waals surface area (Å²) in [5, 5.41) is 0. The summed E-state index contributed by atoms with van der Waals surface area (Å²) in [4.78, 5) is 38.2. The van der Waals surface area contributed by atoms with Crippen LogP contribution in [0.25, 0.3) is 0 Å². The quantitative estimate of drug-likeness (QED) is 0.0261. The molecule has 6 heteroatoms. The standard InChI is InChI=1S/C65H118O6/c1-4-7-10-13-16-19-22-25-28-30-32-34-37-39-42-45-48-51-54-57-63(66)69-60-62(71-65(68)59-56-53-50-47-44-41-36-27-24-21-18-15-12-9-6-3)61-70-64(67)58-55-52-49-46-43-40-38-35-33-31-29-26-23-20-17-14-11-8-5-2/h18,21,25,27-28,36,44,47,62H,4-17,19-20,22-24,26,29-35,37-43,45-46,48-61H2,1-3H3/b21-18-,28-25-,36-27-,47-44-/t62-/m1/s1. The van der Waals surface area contributed by atoms with E-state index in [4.69, 9.17) is 14.2 Å². The highest BCUT2D eigenvalue weighted by atomic mass is 16.6. The second-order valence-electron chi connectivity index (χ2n) is 21.0. The maximum Gasteiger partial charge on any atom is 0.306 e. The summed E-state index contributed by atoms with van der Waals surface area (Å²) in [5.41, 5.74) is 0. The normalized spacial score (nSPS) is 12.3. The first-order valence-electron chi connectivity index (χ1n) is 31.1. The zero-order chi connectivity index (χ0) is 51.4. The molecule has 0 amide bonds. The fraction of sp³-hybridized carbons (Fsp3) is 0.831. The van der Waals surface area contributed by atoms with Crippen LogP contribution in [0.1, 0.15) is 329 Å². The fourth-order valence-electron chi connectivity index (χ4n) is 9.09. The Morgan fingerprint density at radius 1 is 0.282 bits per heavy atom. The molecule has 0 aliphatic carbocycles. The van der Waals surface area contributed by atoms with E-state index >= 15 is 0 Å². The summed E-state index contributed by atoms with van der Waals surface area (Å²) in [5.74, 6) is -0.907. The van der Waals surface area contributed by atoms with Gasteiger partial charge in [-0.15, -0.1) is 0 Å². The number of hydrogen-bond acceptors (Lipinski definition) is 6. The molecule has 0 fully saturated rings. The van der Waals surface area contributed by atoms with E-state index in [1.54, 1.807) is 0 Å². The van der Waals surface area contributed by atoms with Crippen LogP contribution in [0.15, 0.2) is 48.6 Å². The van der Waals surface area contributed by atoms with Crippen LogP contribution < -0.4 is 0 Å². The molecule has 414 valence electrons. The molecule has 0 rings (SSSR count). The van der Waals surface area contributed by atoms with Gasteiger partial charge < -0.3 is 14.2 Å². The van der Waals surface area contributed by atoms with Crippen molar-refractivity contribution in [3.63, 3.8) is 0 Å². The molecule has 0 aromatic heterocycles. The molecule has 0 aromatic rings. The highest BCUT2D eigenvalue weighted by Gasteiger charge is 2.19. The van der Waals surface area contributed by atoms with Crippen molar-refractivity contribution >= 4 is 17.9 Å². The predicted molar refractivity (Wildman–Crippen MR) is 307 cm³/mol. The van der Waals surface area contributed by atoms with Crippen LogP contribution in [-0.4, -0.2) is 37.2 Å². The minimum Gasteiger partial charge on any atom is -0.462 e. The van der Waals surface area contributed by atoms with E-state index in [9.17, 15) is 14.4 Å². The van der Waals surface area contributed by atoms with Crippen LogP contribution in [0.5, 0.6) is 0 Å². The number of rotatable bonds is 57. The Morgan fingerprint density at radius 2 is 0.507 bits per heavy atom. The average molecular weight is 996 g/mol. The van der Waals surface area contributed by atoms with Gasteiger partial charge in [0.2, 0.25) is 0 Å². The molecular formula is C65H118O6. The van der Waals surface area contributed by atoms with Crippen LogP contribution in [0.2, 0.25) is 0 Å². The second-order valence-corrected chi connectivity index (χ2v) is 21.0. The third-order valence-corrected chi connectivity index (χ3v) is 13.8. The smallest absolute Gasteiger partial charge is 0.306 e. The maximum absolute atomic E-state index is 12.9. The molecule has 0 aromatic carbocycles. The van der Waals surface area contributed by atoms with Crippen LogP contribution in [0.4, 0.5) is 0 Å². The fourth-order valence-corrected chi connectivity index (χ4v) is 9.09. The van der Waals surface area contributed by atoms with Crippen molar-refractivity contribution in [2.24, 2.45) is 0 Å². The molecule has 0 N–H and O–H groups in total. The number of carbonyl (C=O) groups excluding carboxylic acids is 3. The van der Waals surface area contributed by atoms with Crippen molar-refractivity contribution < 1.29 is 28.6 Å². The zero-order valence-electron chi connectivity index (χ0n) is 47.5. The van der Waals surface area contributed by atoms with Gasteiger partial charge in [0.05, 0.1) is 0 Å². The maximum atomic E-state index is 12.9. The summed E-state index contributed by atoms with van der Waals surface area (Å²) in [6.07, 6.45) is 74.0. The molecule has 0 saturated heterocycles. The van der Waals surface area contributed by atoms with Gasteiger partial charge in [0, 0.05) is 19.3 Å². The molecule has 0 spiro atoms. The van der Waals surface area contributed by atoms with Gasteiger partial charge in [-0.25, -0.2) is 0 Å². The number of hydrogen-bond donors (Lipinski definition) is 0. The van der Waals surface area contributed by atoms with Gasteiger partial charge in [-0.3, -0.25) is 14.4 Å². The lowest BCUT2D eigenvalue weighted by molar-refractivity contribution is -0.167. The Kier molecular flexibility index (Phi) is 57.7. The number of unbranched alkanes of at least 4 members (excludes halogenated alkanes) is 38. The van der Waals surface area contributed by atoms with Gasteiger partial charge in [0.15, 0.2) is 6.10 Å². The van der Waals surface area contributed by atoms with Crippen LogP contribution in [0, 0.1) is 0 Å². The minimum atomic E-state index is -0.792. The van der Waals surface area contributed by atoms with E-state index < -0.39 is 6.10 Å². The minimum absolute atomic E-state index is 0.0855. The van der Waals surface area contributed by atoms with E-state index in [0.717, 1.165) is 64.2 Å². The molecule has 71 heavy (non-hydrogen) atoms. The molecule has 0 radical (unpaired) electrons. The lowest BCUT2D eigenvalue weighted by atomic mass is 10.0. The second kappa shape index (κ2) is 59.9. The summed E-state index contributed by atoms with van der Waals surface area (Å²) in [7, 11) is 0. The lowest BCUT2D eigenvalue weighted by Crippen LogP contribution is -2.30. The van der Waals surface area contributed by atoms with Crippen molar-refractivity contribution in [2.45, 2.75) is 335 Å². The third kappa shape index (κ3) is 58.1. The van der Waals surface area contributed by atoms with Crippen molar-refractivity contribution in [3.8, 4) is 0 Å². The number of esters is 3. The Morgan fingerprint density at radius 3 is 0.859 bits per heavy atom. The van der Waals surface area contributed by atoms with Crippen LogP contribution in [-0.2, 0) is 28.6 Å². The largest absolute Gasteiger partial charge is 0.462 e. The summed E-state index contributed by atoms with van der Waals surface area (Å²) in [6.45, 7) is 6.62. The molecule has 0 unspecified atom stereocenters. The number of carbonyl (C=O) groups is 3. The Bertz CT molecular complexity index is 1230. The summed E-state index contributed by atoms with van der Waals surface area (Å²) in [6, 6.07) is 0. The van der Waals surface area contributed by atoms with Crippen molar-refractivity contribution in [1.29, 1.82) is 0 Å². The molecular weight excluding hydrogens is 877 g/mol. The first-order valence-corrected chi connectivity index (χ1v) is 31.1. The van der Waals surface area contributed by atoms with E-state index in [2.05, 4.69) is 69.4 Å². The average Bonchev–Trinajstić information content (AvgIpc) is 3.37. The molecule has 0 saturated carbocycles. The lowest BCUT2D eigenvalue weighted by Gasteiger charge is -2.18. The Hall–Kier alpha value is -2.63. The van der Waals surface area contributed by atoms with Crippen molar-refractivity contribution in [1.82, 2.24) is 0 Å². The first kappa shape index (κ1) is 68.4. The SMILES string of the molecule is CCCCC/C=C\C/C=C\C/C=C\CCCCC(=O)O[C@H](COC(=O)CCCCCCCCCCC/C=C\CCCCCCCC)COC(=O)CCCCCCCCCCCCCCCCCCCCC. The molecule has 1 atom stereocenters. The number of allylic oxidation sites excluding steroid dienone is 8. The predicted octanol–water partition coefficient (Wildman–Crippen LogP) is 21.0. The third-order valence-electron chi connectivity index (χ3n) is 13.8. The van der Waals surface area contributed by atoms with Crippen LogP contribution >= 0.6 is 0 Å². The Balaban J connectivity index is 4.36.